The monoisotopic (exact) mass is 252 g/mol. The molecule has 1 aromatic carbocycles. The fourth-order valence-corrected chi connectivity index (χ4v) is 1.81. The van der Waals surface area contributed by atoms with Crippen molar-refractivity contribution in [1.82, 2.24) is 0 Å². The SMILES string of the molecule is CCC=C(CCC)c1ccc(Br)cc1. The van der Waals surface area contributed by atoms with Crippen molar-refractivity contribution in [2.75, 3.05) is 0 Å². The zero-order chi connectivity index (χ0) is 10.4. The molecule has 0 heterocycles. The van der Waals surface area contributed by atoms with Crippen LogP contribution < -0.4 is 0 Å². The minimum Gasteiger partial charge on any atom is -0.0810 e. The van der Waals surface area contributed by atoms with Crippen molar-refractivity contribution in [1.29, 1.82) is 0 Å². The maximum atomic E-state index is 3.45. The Kier molecular flexibility index (Phi) is 4.95. The van der Waals surface area contributed by atoms with E-state index in [2.05, 4.69) is 60.1 Å². The molecule has 0 unspecified atom stereocenters. The summed E-state index contributed by atoms with van der Waals surface area (Å²) in [5, 5.41) is 0. The van der Waals surface area contributed by atoms with E-state index in [-0.39, 0.29) is 0 Å². The Morgan fingerprint density at radius 1 is 1.21 bits per heavy atom. The first-order chi connectivity index (χ1) is 6.77. The maximum absolute atomic E-state index is 3.45. The highest BCUT2D eigenvalue weighted by atomic mass is 79.9. The Morgan fingerprint density at radius 3 is 2.36 bits per heavy atom. The van der Waals surface area contributed by atoms with Crippen molar-refractivity contribution < 1.29 is 0 Å². The van der Waals surface area contributed by atoms with Crippen LogP contribution in [-0.4, -0.2) is 0 Å². The third-order valence-corrected chi connectivity index (χ3v) is 2.71. The highest BCUT2D eigenvalue weighted by molar-refractivity contribution is 9.10. The molecule has 14 heavy (non-hydrogen) atoms. The van der Waals surface area contributed by atoms with Gasteiger partial charge in [-0.25, -0.2) is 0 Å². The van der Waals surface area contributed by atoms with E-state index in [0.717, 1.165) is 10.9 Å². The van der Waals surface area contributed by atoms with Crippen LogP contribution in [0.4, 0.5) is 0 Å². The molecule has 0 aliphatic heterocycles. The molecule has 0 saturated carbocycles. The summed E-state index contributed by atoms with van der Waals surface area (Å²) in [7, 11) is 0. The van der Waals surface area contributed by atoms with Gasteiger partial charge in [-0.2, -0.15) is 0 Å². The average molecular weight is 253 g/mol. The van der Waals surface area contributed by atoms with Crippen LogP contribution in [0.15, 0.2) is 34.8 Å². The first-order valence-corrected chi connectivity index (χ1v) is 6.02. The zero-order valence-corrected chi connectivity index (χ0v) is 10.5. The van der Waals surface area contributed by atoms with Gasteiger partial charge in [0.2, 0.25) is 0 Å². The molecule has 0 aliphatic carbocycles. The number of benzene rings is 1. The van der Waals surface area contributed by atoms with Crippen molar-refractivity contribution in [2.45, 2.75) is 33.1 Å². The Balaban J connectivity index is 2.88. The summed E-state index contributed by atoms with van der Waals surface area (Å²) >= 11 is 3.45. The highest BCUT2D eigenvalue weighted by Crippen LogP contribution is 2.22. The molecule has 76 valence electrons. The van der Waals surface area contributed by atoms with Gasteiger partial charge in [-0.1, -0.05) is 54.4 Å². The number of allylic oxidation sites excluding steroid dienone is 2. The molecular weight excluding hydrogens is 236 g/mol. The molecule has 0 bridgehead atoms. The van der Waals surface area contributed by atoms with Crippen molar-refractivity contribution in [3.8, 4) is 0 Å². The Hall–Kier alpha value is -0.560. The van der Waals surface area contributed by atoms with Gasteiger partial charge in [0.1, 0.15) is 0 Å². The van der Waals surface area contributed by atoms with E-state index in [9.17, 15) is 0 Å². The minimum atomic E-state index is 1.12. The second kappa shape index (κ2) is 6.02. The largest absolute Gasteiger partial charge is 0.0810 e. The molecule has 0 atom stereocenters. The summed E-state index contributed by atoms with van der Waals surface area (Å²) < 4.78 is 1.15. The van der Waals surface area contributed by atoms with Gasteiger partial charge < -0.3 is 0 Å². The zero-order valence-electron chi connectivity index (χ0n) is 8.89. The van der Waals surface area contributed by atoms with Gasteiger partial charge in [0.25, 0.3) is 0 Å². The van der Waals surface area contributed by atoms with Gasteiger partial charge in [0.15, 0.2) is 0 Å². The molecule has 0 aliphatic rings. The number of halogens is 1. The molecule has 0 aromatic heterocycles. The van der Waals surface area contributed by atoms with E-state index >= 15 is 0 Å². The molecule has 1 heteroatoms. The maximum Gasteiger partial charge on any atom is 0.0175 e. The Labute approximate surface area is 95.2 Å². The standard InChI is InChI=1S/C13H17Br/c1-3-5-11(6-4-2)12-7-9-13(14)10-8-12/h5,7-10H,3-4,6H2,1-2H3. The van der Waals surface area contributed by atoms with Crippen LogP contribution >= 0.6 is 15.9 Å². The van der Waals surface area contributed by atoms with Crippen molar-refractivity contribution >= 4 is 21.5 Å². The lowest BCUT2D eigenvalue weighted by atomic mass is 10.0. The quantitative estimate of drug-likeness (QED) is 0.704. The van der Waals surface area contributed by atoms with E-state index in [0.29, 0.717) is 0 Å². The van der Waals surface area contributed by atoms with Crippen LogP contribution in [0.5, 0.6) is 0 Å². The Morgan fingerprint density at radius 2 is 1.86 bits per heavy atom. The first kappa shape index (κ1) is 11.5. The lowest BCUT2D eigenvalue weighted by molar-refractivity contribution is 0.967. The molecule has 1 rings (SSSR count). The predicted octanol–water partition coefficient (Wildman–Crippen LogP) is 5.04. The molecule has 0 amide bonds. The summed E-state index contributed by atoms with van der Waals surface area (Å²) in [5.41, 5.74) is 2.83. The Bertz CT molecular complexity index is 296. The van der Waals surface area contributed by atoms with E-state index in [1.165, 1.54) is 24.0 Å². The van der Waals surface area contributed by atoms with Crippen LogP contribution in [0.3, 0.4) is 0 Å². The third-order valence-electron chi connectivity index (χ3n) is 2.18. The van der Waals surface area contributed by atoms with Crippen LogP contribution in [0.2, 0.25) is 0 Å². The normalized spacial score (nSPS) is 11.8. The van der Waals surface area contributed by atoms with Gasteiger partial charge in [-0.15, -0.1) is 0 Å². The summed E-state index contributed by atoms with van der Waals surface area (Å²) in [5.74, 6) is 0. The predicted molar refractivity (Wildman–Crippen MR) is 67.3 cm³/mol. The van der Waals surface area contributed by atoms with Crippen molar-refractivity contribution in [3.63, 3.8) is 0 Å². The fourth-order valence-electron chi connectivity index (χ4n) is 1.54. The lowest BCUT2D eigenvalue weighted by Crippen LogP contribution is -1.84. The summed E-state index contributed by atoms with van der Waals surface area (Å²) in [6.07, 6.45) is 5.83. The van der Waals surface area contributed by atoms with E-state index in [1.54, 1.807) is 0 Å². The molecule has 1 aromatic rings. The fraction of sp³-hybridized carbons (Fsp3) is 0.385. The van der Waals surface area contributed by atoms with Crippen molar-refractivity contribution in [2.24, 2.45) is 0 Å². The smallest absolute Gasteiger partial charge is 0.0175 e. The first-order valence-electron chi connectivity index (χ1n) is 5.23. The topological polar surface area (TPSA) is 0 Å². The molecule has 0 fully saturated rings. The molecule has 0 saturated heterocycles. The minimum absolute atomic E-state index is 1.12. The average Bonchev–Trinajstić information content (AvgIpc) is 2.19. The van der Waals surface area contributed by atoms with Crippen LogP contribution in [-0.2, 0) is 0 Å². The summed E-state index contributed by atoms with van der Waals surface area (Å²) in [6.45, 7) is 4.41. The third kappa shape index (κ3) is 3.30. The van der Waals surface area contributed by atoms with E-state index < -0.39 is 0 Å². The van der Waals surface area contributed by atoms with Gasteiger partial charge in [0.05, 0.1) is 0 Å². The highest BCUT2D eigenvalue weighted by Gasteiger charge is 1.99. The van der Waals surface area contributed by atoms with Crippen LogP contribution in [0, 0.1) is 0 Å². The summed E-state index contributed by atoms with van der Waals surface area (Å²) in [6, 6.07) is 8.57. The molecule has 0 N–H and O–H groups in total. The van der Waals surface area contributed by atoms with Crippen LogP contribution in [0.25, 0.3) is 5.57 Å². The second-order valence-electron chi connectivity index (χ2n) is 3.39. The molecular formula is C13H17Br. The van der Waals surface area contributed by atoms with E-state index in [4.69, 9.17) is 0 Å². The van der Waals surface area contributed by atoms with Crippen molar-refractivity contribution in [3.05, 3.63) is 40.4 Å². The number of rotatable bonds is 4. The molecule has 0 radical (unpaired) electrons. The van der Waals surface area contributed by atoms with E-state index in [1.807, 2.05) is 0 Å². The lowest BCUT2D eigenvalue weighted by Gasteiger charge is -2.06. The van der Waals surface area contributed by atoms with Crippen LogP contribution in [0.1, 0.15) is 38.7 Å². The second-order valence-corrected chi connectivity index (χ2v) is 4.31. The van der Waals surface area contributed by atoms with Gasteiger partial charge in [-0.05, 0) is 36.1 Å². The van der Waals surface area contributed by atoms with Gasteiger partial charge in [0, 0.05) is 4.47 Å². The number of hydrogen-bond acceptors (Lipinski definition) is 0. The van der Waals surface area contributed by atoms with Gasteiger partial charge in [-0.3, -0.25) is 0 Å². The molecule has 0 nitrogen and oxygen atoms in total. The number of hydrogen-bond donors (Lipinski definition) is 0. The molecule has 0 spiro atoms. The summed E-state index contributed by atoms with van der Waals surface area (Å²) in [4.78, 5) is 0. The van der Waals surface area contributed by atoms with Gasteiger partial charge >= 0.3 is 0 Å².